The predicted octanol–water partition coefficient (Wildman–Crippen LogP) is 1.95. The Morgan fingerprint density at radius 3 is 2.83 bits per heavy atom. The predicted molar refractivity (Wildman–Crippen MR) is 81.4 cm³/mol. The Morgan fingerprint density at radius 1 is 1.35 bits per heavy atom. The fourth-order valence-corrected chi connectivity index (χ4v) is 2.77. The molecule has 1 fully saturated rings. The normalized spacial score (nSPS) is 19.1. The van der Waals surface area contributed by atoms with Crippen molar-refractivity contribution < 1.29 is 13.7 Å². The van der Waals surface area contributed by atoms with Crippen molar-refractivity contribution >= 4 is 5.91 Å². The van der Waals surface area contributed by atoms with Gasteiger partial charge >= 0.3 is 0 Å². The minimum absolute atomic E-state index is 0.150. The molecule has 0 radical (unpaired) electrons. The quantitative estimate of drug-likeness (QED) is 0.847. The second kappa shape index (κ2) is 6.08. The first-order valence-corrected chi connectivity index (χ1v) is 7.51. The lowest BCUT2D eigenvalue weighted by molar-refractivity contribution is 0.0488. The Labute approximate surface area is 133 Å². The van der Waals surface area contributed by atoms with Crippen LogP contribution in [-0.4, -0.2) is 52.5 Å². The van der Waals surface area contributed by atoms with Gasteiger partial charge in [-0.05, 0) is 38.6 Å². The van der Waals surface area contributed by atoms with E-state index in [0.29, 0.717) is 36.9 Å². The van der Waals surface area contributed by atoms with Gasteiger partial charge in [-0.25, -0.2) is 4.39 Å². The maximum Gasteiger partial charge on any atom is 0.254 e. The van der Waals surface area contributed by atoms with Crippen molar-refractivity contribution in [1.82, 2.24) is 19.9 Å². The smallest absolute Gasteiger partial charge is 0.254 e. The van der Waals surface area contributed by atoms with Crippen molar-refractivity contribution in [2.75, 3.05) is 26.7 Å². The van der Waals surface area contributed by atoms with Gasteiger partial charge in [0.25, 0.3) is 5.91 Å². The van der Waals surface area contributed by atoms with Crippen molar-refractivity contribution in [3.05, 3.63) is 46.9 Å². The first-order chi connectivity index (χ1) is 11.0. The third kappa shape index (κ3) is 3.10. The van der Waals surface area contributed by atoms with Crippen molar-refractivity contribution in [3.8, 4) is 0 Å². The van der Waals surface area contributed by atoms with Crippen LogP contribution in [0.2, 0.25) is 0 Å². The molecular formula is C16H19FN4O2. The summed E-state index contributed by atoms with van der Waals surface area (Å²) in [5, 5.41) is 3.81. The number of hydrogen-bond acceptors (Lipinski definition) is 5. The van der Waals surface area contributed by atoms with Crippen LogP contribution in [0.4, 0.5) is 4.39 Å². The van der Waals surface area contributed by atoms with Crippen molar-refractivity contribution in [3.63, 3.8) is 0 Å². The summed E-state index contributed by atoms with van der Waals surface area (Å²) in [5.74, 6) is 0.491. The summed E-state index contributed by atoms with van der Waals surface area (Å²) >= 11 is 0. The molecule has 0 aliphatic carbocycles. The topological polar surface area (TPSA) is 62.5 Å². The summed E-state index contributed by atoms with van der Waals surface area (Å²) in [4.78, 5) is 20.8. The SMILES string of the molecule is Cc1noc([C@H]2CN(C(=O)c3cc(F)ccc3C)CCN2C)n1. The van der Waals surface area contributed by atoms with E-state index in [0.717, 1.165) is 5.56 Å². The van der Waals surface area contributed by atoms with Gasteiger partial charge in [0, 0.05) is 25.2 Å². The molecule has 7 heteroatoms. The van der Waals surface area contributed by atoms with Gasteiger partial charge in [-0.15, -0.1) is 0 Å². The Morgan fingerprint density at radius 2 is 2.13 bits per heavy atom. The molecule has 0 N–H and O–H groups in total. The average molecular weight is 318 g/mol. The molecular weight excluding hydrogens is 299 g/mol. The molecule has 1 aromatic heterocycles. The number of likely N-dealkylation sites (N-methyl/N-ethyl adjacent to an activating group) is 1. The van der Waals surface area contributed by atoms with Gasteiger partial charge in [0.05, 0.1) is 0 Å². The second-order valence-corrected chi connectivity index (χ2v) is 5.89. The minimum atomic E-state index is -0.405. The molecule has 23 heavy (non-hydrogen) atoms. The number of carbonyl (C=O) groups is 1. The molecule has 2 heterocycles. The molecule has 1 atom stereocenters. The van der Waals surface area contributed by atoms with Crippen molar-refractivity contribution in [2.24, 2.45) is 0 Å². The second-order valence-electron chi connectivity index (χ2n) is 5.89. The molecule has 1 saturated heterocycles. The first kappa shape index (κ1) is 15.6. The van der Waals surface area contributed by atoms with Crippen LogP contribution in [0.15, 0.2) is 22.7 Å². The van der Waals surface area contributed by atoms with E-state index >= 15 is 0 Å². The number of piperazine rings is 1. The van der Waals surface area contributed by atoms with Crippen LogP contribution < -0.4 is 0 Å². The van der Waals surface area contributed by atoms with Gasteiger partial charge in [0.1, 0.15) is 11.9 Å². The summed E-state index contributed by atoms with van der Waals surface area (Å²) in [5.41, 5.74) is 1.16. The summed E-state index contributed by atoms with van der Waals surface area (Å²) in [6, 6.07) is 4.13. The van der Waals surface area contributed by atoms with E-state index in [-0.39, 0.29) is 11.9 Å². The van der Waals surface area contributed by atoms with E-state index in [9.17, 15) is 9.18 Å². The third-order valence-electron chi connectivity index (χ3n) is 4.19. The van der Waals surface area contributed by atoms with E-state index in [1.807, 2.05) is 14.0 Å². The number of carbonyl (C=O) groups excluding carboxylic acids is 1. The van der Waals surface area contributed by atoms with Crippen LogP contribution in [0, 0.1) is 19.7 Å². The highest BCUT2D eigenvalue weighted by Gasteiger charge is 2.32. The number of amides is 1. The van der Waals surface area contributed by atoms with Crippen molar-refractivity contribution in [2.45, 2.75) is 19.9 Å². The summed E-state index contributed by atoms with van der Waals surface area (Å²) in [7, 11) is 1.96. The van der Waals surface area contributed by atoms with E-state index in [1.165, 1.54) is 12.1 Å². The Kier molecular flexibility index (Phi) is 4.12. The summed E-state index contributed by atoms with van der Waals surface area (Å²) < 4.78 is 18.7. The van der Waals surface area contributed by atoms with E-state index in [2.05, 4.69) is 15.0 Å². The third-order valence-corrected chi connectivity index (χ3v) is 4.19. The molecule has 122 valence electrons. The van der Waals surface area contributed by atoms with Crippen LogP contribution in [0.5, 0.6) is 0 Å². The fraction of sp³-hybridized carbons (Fsp3) is 0.438. The standard InChI is InChI=1S/C16H19FN4O2/c1-10-4-5-12(17)8-13(10)16(22)21-7-6-20(3)14(9-21)15-18-11(2)19-23-15/h4-5,8,14H,6-7,9H2,1-3H3/t14-/m1/s1. The molecule has 0 saturated carbocycles. The van der Waals surface area contributed by atoms with Crippen LogP contribution >= 0.6 is 0 Å². The number of aryl methyl sites for hydroxylation is 2. The fourth-order valence-electron chi connectivity index (χ4n) is 2.77. The maximum absolute atomic E-state index is 13.5. The summed E-state index contributed by atoms with van der Waals surface area (Å²) in [6.45, 7) is 5.27. The van der Waals surface area contributed by atoms with Gasteiger partial charge in [-0.1, -0.05) is 11.2 Å². The van der Waals surface area contributed by atoms with Gasteiger partial charge in [0.2, 0.25) is 5.89 Å². The van der Waals surface area contributed by atoms with Crippen LogP contribution in [0.3, 0.4) is 0 Å². The van der Waals surface area contributed by atoms with Gasteiger partial charge in [-0.2, -0.15) is 4.98 Å². The Balaban J connectivity index is 1.83. The maximum atomic E-state index is 13.5. The van der Waals surface area contributed by atoms with Gasteiger partial charge < -0.3 is 9.42 Å². The highest BCUT2D eigenvalue weighted by molar-refractivity contribution is 5.95. The first-order valence-electron chi connectivity index (χ1n) is 7.51. The summed E-state index contributed by atoms with van der Waals surface area (Å²) in [6.07, 6.45) is 0. The molecule has 1 aliphatic heterocycles. The molecule has 0 spiro atoms. The zero-order valence-corrected chi connectivity index (χ0v) is 13.4. The number of nitrogens with zero attached hydrogens (tertiary/aromatic N) is 4. The molecule has 0 unspecified atom stereocenters. The number of rotatable bonds is 2. The monoisotopic (exact) mass is 318 g/mol. The number of halogens is 1. The molecule has 3 rings (SSSR count). The van der Waals surface area contributed by atoms with Crippen LogP contribution in [-0.2, 0) is 0 Å². The van der Waals surface area contributed by atoms with Crippen LogP contribution in [0.25, 0.3) is 0 Å². The number of aromatic nitrogens is 2. The Hall–Kier alpha value is -2.28. The lowest BCUT2D eigenvalue weighted by atomic mass is 10.1. The van der Waals surface area contributed by atoms with E-state index in [4.69, 9.17) is 4.52 Å². The molecule has 1 aliphatic rings. The minimum Gasteiger partial charge on any atom is -0.338 e. The molecule has 1 amide bonds. The van der Waals surface area contributed by atoms with E-state index < -0.39 is 5.82 Å². The van der Waals surface area contributed by atoms with Gasteiger partial charge in [0.15, 0.2) is 5.82 Å². The number of hydrogen-bond donors (Lipinski definition) is 0. The average Bonchev–Trinajstić information content (AvgIpc) is 2.96. The molecule has 6 nitrogen and oxygen atoms in total. The largest absolute Gasteiger partial charge is 0.338 e. The lowest BCUT2D eigenvalue weighted by Crippen LogP contribution is -2.49. The molecule has 0 bridgehead atoms. The molecule has 1 aromatic carbocycles. The van der Waals surface area contributed by atoms with Crippen LogP contribution in [0.1, 0.15) is 33.7 Å². The van der Waals surface area contributed by atoms with E-state index in [1.54, 1.807) is 17.9 Å². The van der Waals surface area contributed by atoms with Gasteiger partial charge in [-0.3, -0.25) is 9.69 Å². The Bertz CT molecular complexity index is 731. The zero-order chi connectivity index (χ0) is 16.6. The van der Waals surface area contributed by atoms with Crippen molar-refractivity contribution in [1.29, 1.82) is 0 Å². The number of benzene rings is 1. The molecule has 2 aromatic rings. The lowest BCUT2D eigenvalue weighted by Gasteiger charge is -2.37. The highest BCUT2D eigenvalue weighted by Crippen LogP contribution is 2.24. The highest BCUT2D eigenvalue weighted by atomic mass is 19.1. The zero-order valence-electron chi connectivity index (χ0n) is 13.4.